The lowest BCUT2D eigenvalue weighted by molar-refractivity contribution is 0.275. The zero-order chi connectivity index (χ0) is 14.9. The van der Waals surface area contributed by atoms with E-state index in [9.17, 15) is 4.79 Å². The van der Waals surface area contributed by atoms with Gasteiger partial charge in [-0.1, -0.05) is 72.4 Å². The van der Waals surface area contributed by atoms with E-state index in [-0.39, 0.29) is 0 Å². The smallest absolute Gasteiger partial charge is 0.177 e. The average molecular weight is 422 g/mol. The second-order valence-corrected chi connectivity index (χ2v) is 9.28. The highest BCUT2D eigenvalue weighted by molar-refractivity contribution is 14.1. The molecule has 0 aliphatic carbocycles. The van der Waals surface area contributed by atoms with Crippen molar-refractivity contribution in [1.29, 1.82) is 0 Å². The van der Waals surface area contributed by atoms with Crippen molar-refractivity contribution in [3.05, 3.63) is 60.7 Å². The lowest BCUT2D eigenvalue weighted by Gasteiger charge is -2.17. The number of halogens is 1. The van der Waals surface area contributed by atoms with Crippen molar-refractivity contribution in [2.75, 3.05) is 5.49 Å². The Morgan fingerprint density at radius 3 is 2.00 bits per heavy atom. The highest BCUT2D eigenvalue weighted by Crippen LogP contribution is 2.37. The molecule has 0 spiro atoms. The van der Waals surface area contributed by atoms with Crippen molar-refractivity contribution in [1.82, 2.24) is 0 Å². The topological polar surface area (TPSA) is 17.1 Å². The van der Waals surface area contributed by atoms with Crippen LogP contribution in [0.2, 0.25) is 0 Å². The fourth-order valence-electron chi connectivity index (χ4n) is 1.93. The van der Waals surface area contributed by atoms with Crippen LogP contribution in [0.1, 0.15) is 0 Å². The van der Waals surface area contributed by atoms with Crippen LogP contribution < -0.4 is 10.6 Å². The second kappa shape index (κ2) is 9.76. The third kappa shape index (κ3) is 5.84. The summed E-state index contributed by atoms with van der Waals surface area (Å²) in [5.41, 5.74) is 0.878. The number of hydrogen-bond donors (Lipinski definition) is 0. The summed E-state index contributed by atoms with van der Waals surface area (Å²) in [6, 6.07) is 21.1. The van der Waals surface area contributed by atoms with Gasteiger partial charge in [-0.15, -0.1) is 0 Å². The van der Waals surface area contributed by atoms with Crippen LogP contribution in [0.25, 0.3) is 0 Å². The normalized spacial score (nSPS) is 10.2. The zero-order valence-electron chi connectivity index (χ0n) is 11.7. The van der Waals surface area contributed by atoms with Crippen LogP contribution in [0.3, 0.4) is 0 Å². The molecule has 0 aliphatic heterocycles. The predicted octanol–water partition coefficient (Wildman–Crippen LogP) is 2.42. The number of carbonyl (C=O) groups excluding carboxylic acids is 1. The number of benzene rings is 2. The van der Waals surface area contributed by atoms with Crippen LogP contribution in [0.5, 0.6) is 0 Å². The van der Waals surface area contributed by atoms with Gasteiger partial charge in [0.15, 0.2) is 12.2 Å². The van der Waals surface area contributed by atoms with Gasteiger partial charge in [-0.2, -0.15) is 22.4 Å². The van der Waals surface area contributed by atoms with Crippen molar-refractivity contribution in [2.24, 2.45) is 0 Å². The Morgan fingerprint density at radius 1 is 1.00 bits per heavy atom. The highest BCUT2D eigenvalue weighted by atomic mass is 127. The molecule has 0 amide bonds. The van der Waals surface area contributed by atoms with Gasteiger partial charge >= 0.3 is 0 Å². The van der Waals surface area contributed by atoms with Crippen LogP contribution >= 0.6 is 42.1 Å². The average Bonchev–Trinajstić information content (AvgIpc) is 2.55. The molecule has 0 aromatic heterocycles. The summed E-state index contributed by atoms with van der Waals surface area (Å²) in [7, 11) is 1.22. The van der Waals surface area contributed by atoms with Crippen LogP contribution in [0.15, 0.2) is 60.7 Å². The van der Waals surface area contributed by atoms with Crippen LogP contribution in [-0.4, -0.2) is 29.8 Å². The summed E-state index contributed by atoms with van der Waals surface area (Å²) < 4.78 is 0. The number of thioether (sulfide) groups is 1. The van der Waals surface area contributed by atoms with E-state index in [0.717, 1.165) is 17.6 Å². The molecule has 0 aliphatic rings. The molecule has 0 saturated carbocycles. The maximum atomic E-state index is 11.9. The summed E-state index contributed by atoms with van der Waals surface area (Å²) >= 11 is 3.82. The first kappa shape index (κ1) is 17.2. The first-order chi connectivity index (χ1) is 10.3. The first-order valence-electron chi connectivity index (χ1n) is 6.90. The molecule has 0 fully saturated rings. The molecule has 0 N–H and O–H groups in total. The molecule has 0 heterocycles. The molecule has 0 unspecified atom stereocenters. The molecule has 0 atom stereocenters. The molecule has 0 saturated heterocycles. The van der Waals surface area contributed by atoms with E-state index in [2.05, 4.69) is 70.9 Å². The largest absolute Gasteiger partial charge is 0.300 e. The number of carbonyl (C=O) groups is 1. The Labute approximate surface area is 147 Å². The van der Waals surface area contributed by atoms with E-state index in [1.165, 1.54) is 22.4 Å². The van der Waals surface area contributed by atoms with Gasteiger partial charge in [0.05, 0.1) is 7.06 Å². The van der Waals surface area contributed by atoms with Gasteiger partial charge in [0.1, 0.15) is 5.01 Å². The number of hydrogen-bond acceptors (Lipinski definition) is 2. The molecular weight excluding hydrogens is 407 g/mol. The van der Waals surface area contributed by atoms with E-state index < -0.39 is 7.92 Å². The molecule has 104 valence electrons. The van der Waals surface area contributed by atoms with Crippen molar-refractivity contribution in [3.63, 3.8) is 0 Å². The molecule has 2 aromatic carbocycles. The van der Waals surface area contributed by atoms with Crippen molar-refractivity contribution < 1.29 is 4.79 Å². The van der Waals surface area contributed by atoms with E-state index in [4.69, 9.17) is 0 Å². The first-order valence-corrected chi connectivity index (χ1v) is 10.9. The van der Waals surface area contributed by atoms with Crippen LogP contribution in [0.4, 0.5) is 4.79 Å². The maximum absolute atomic E-state index is 11.9. The van der Waals surface area contributed by atoms with Gasteiger partial charge in [-0.05, 0) is 18.5 Å². The number of rotatable bonds is 7. The molecule has 2 rings (SSSR count). The predicted molar refractivity (Wildman–Crippen MR) is 112 cm³/mol. The molecule has 7 heteroatoms. The summed E-state index contributed by atoms with van der Waals surface area (Å²) in [5.74, 6) is 0. The summed E-state index contributed by atoms with van der Waals surface area (Å²) in [6.45, 7) is 0. The molecule has 0 bridgehead atoms. The highest BCUT2D eigenvalue weighted by Gasteiger charge is 2.15. The quantitative estimate of drug-likeness (QED) is 0.388. The Balaban J connectivity index is 2.09. The fourth-order valence-corrected chi connectivity index (χ4v) is 6.25. The van der Waals surface area contributed by atoms with Crippen LogP contribution in [0, 0.1) is 0 Å². The van der Waals surface area contributed by atoms with E-state index >= 15 is 0 Å². The Hall–Kier alpha value is -0.185. The van der Waals surface area contributed by atoms with Gasteiger partial charge in [0.2, 0.25) is 0 Å². The van der Waals surface area contributed by atoms with Gasteiger partial charge in [-0.25, -0.2) is 0 Å². The van der Waals surface area contributed by atoms with Crippen molar-refractivity contribution in [3.8, 4) is 0 Å². The van der Waals surface area contributed by atoms with E-state index in [0.29, 0.717) is 12.2 Å². The second-order valence-electron chi connectivity index (χ2n) is 4.54. The van der Waals surface area contributed by atoms with Gasteiger partial charge in [0.25, 0.3) is 0 Å². The summed E-state index contributed by atoms with van der Waals surface area (Å²) in [6.07, 6.45) is 0. The summed E-state index contributed by atoms with van der Waals surface area (Å²) in [5, 5.41) is 4.06. The molecular formula is C14H15B3IOPS. The van der Waals surface area contributed by atoms with Gasteiger partial charge < -0.3 is 4.79 Å². The van der Waals surface area contributed by atoms with Gasteiger partial charge in [-0.3, -0.25) is 0 Å². The minimum Gasteiger partial charge on any atom is -0.300 e. The molecule has 2 aromatic rings. The monoisotopic (exact) mass is 422 g/mol. The lowest BCUT2D eigenvalue weighted by atomic mass is 9.28. The minimum atomic E-state index is -0.458. The Kier molecular flexibility index (Phi) is 7.98. The lowest BCUT2D eigenvalue weighted by Crippen LogP contribution is -2.17. The molecule has 21 heavy (non-hydrogen) atoms. The molecule has 0 radical (unpaired) electrons. The Morgan fingerprint density at radius 2 is 1.52 bits per heavy atom. The Bertz CT molecular complexity index is 519. The zero-order valence-corrected chi connectivity index (χ0v) is 15.6. The maximum Gasteiger partial charge on any atom is 0.177 e. The third-order valence-electron chi connectivity index (χ3n) is 3.00. The SMILES string of the molecule is O=C(BBBI)SCP(c1ccccc1)c1ccccc1. The van der Waals surface area contributed by atoms with E-state index in [1.807, 2.05) is 12.1 Å². The van der Waals surface area contributed by atoms with E-state index in [1.54, 1.807) is 0 Å². The molecule has 1 nitrogen and oxygen atoms in total. The van der Waals surface area contributed by atoms with Crippen molar-refractivity contribution >= 4 is 76.9 Å². The van der Waals surface area contributed by atoms with Crippen molar-refractivity contribution in [2.45, 2.75) is 0 Å². The summed E-state index contributed by atoms with van der Waals surface area (Å²) in [4.78, 5) is 11.9. The third-order valence-corrected chi connectivity index (χ3v) is 7.69. The standard InChI is InChI=1S/C14H15B3IOPS/c18-17-16-15-14(19)21-11-20(12-7-3-1-4-8-12)13-9-5-2-6-10-13/h1-10,15-17H,11H2. The van der Waals surface area contributed by atoms with Crippen LogP contribution in [-0.2, 0) is 0 Å². The minimum absolute atomic E-state index is 0.325. The fraction of sp³-hybridized carbons (Fsp3) is 0.0714. The van der Waals surface area contributed by atoms with Gasteiger partial charge in [0, 0.05) is 5.49 Å².